The van der Waals surface area contributed by atoms with Gasteiger partial charge in [0.2, 0.25) is 5.95 Å². The normalized spacial score (nSPS) is 15.5. The number of ether oxygens (including phenoxy) is 3. The van der Waals surface area contributed by atoms with Crippen LogP contribution in [0.25, 0.3) is 11.3 Å². The first kappa shape index (κ1) is 23.0. The summed E-state index contributed by atoms with van der Waals surface area (Å²) in [7, 11) is 3.19. The smallest absolute Gasteiger partial charge is 0.257 e. The van der Waals surface area contributed by atoms with Gasteiger partial charge in [0.1, 0.15) is 5.82 Å². The molecule has 2 aliphatic heterocycles. The summed E-state index contributed by atoms with van der Waals surface area (Å²) in [6.45, 7) is 3.33. The molecule has 2 aliphatic rings. The molecule has 0 bridgehead atoms. The molecule has 0 spiro atoms. The van der Waals surface area contributed by atoms with Crippen molar-refractivity contribution < 1.29 is 23.4 Å². The van der Waals surface area contributed by atoms with Gasteiger partial charge in [0, 0.05) is 37.9 Å². The first-order valence-corrected chi connectivity index (χ1v) is 11.6. The second-order valence-corrected chi connectivity index (χ2v) is 8.46. The number of rotatable bonds is 5. The van der Waals surface area contributed by atoms with Crippen LogP contribution in [0.15, 0.2) is 42.6 Å². The SMILES string of the molecule is COc1cc2c(cc1OC)CN(C(=O)c1cnc(N3CCOCC3)nc1-c1ccccc1F)CC2. The van der Waals surface area contributed by atoms with Gasteiger partial charge in [0.15, 0.2) is 11.5 Å². The van der Waals surface area contributed by atoms with E-state index in [1.165, 1.54) is 12.3 Å². The Kier molecular flexibility index (Phi) is 6.50. The van der Waals surface area contributed by atoms with Crippen molar-refractivity contribution in [3.63, 3.8) is 0 Å². The summed E-state index contributed by atoms with van der Waals surface area (Å²) in [5.74, 6) is 1.07. The minimum atomic E-state index is -0.436. The average Bonchev–Trinajstić information content (AvgIpc) is 2.92. The summed E-state index contributed by atoms with van der Waals surface area (Å²) in [6.07, 6.45) is 2.19. The fourth-order valence-corrected chi connectivity index (χ4v) is 4.53. The predicted octanol–water partition coefficient (Wildman–Crippen LogP) is 3.34. The van der Waals surface area contributed by atoms with Gasteiger partial charge in [-0.05, 0) is 41.8 Å². The van der Waals surface area contributed by atoms with E-state index in [-0.39, 0.29) is 17.0 Å². The average molecular weight is 479 g/mol. The third-order valence-electron chi connectivity index (χ3n) is 6.43. The van der Waals surface area contributed by atoms with Gasteiger partial charge >= 0.3 is 0 Å². The van der Waals surface area contributed by atoms with Crippen molar-refractivity contribution >= 4 is 11.9 Å². The minimum Gasteiger partial charge on any atom is -0.493 e. The summed E-state index contributed by atoms with van der Waals surface area (Å²) in [4.78, 5) is 26.6. The Hall–Kier alpha value is -3.72. The van der Waals surface area contributed by atoms with E-state index in [4.69, 9.17) is 14.2 Å². The standard InChI is InChI=1S/C26H27FN4O4/c1-33-22-13-17-7-8-31(16-18(17)14-23(22)34-2)25(32)20-15-28-26(30-9-11-35-12-10-30)29-24(20)19-5-3-4-6-21(19)27/h3-6,13-15H,7-12,16H2,1-2H3. The summed E-state index contributed by atoms with van der Waals surface area (Å²) in [5, 5.41) is 0. The van der Waals surface area contributed by atoms with Crippen LogP contribution >= 0.6 is 0 Å². The molecule has 0 atom stereocenters. The van der Waals surface area contributed by atoms with E-state index in [0.29, 0.717) is 69.0 Å². The zero-order valence-electron chi connectivity index (χ0n) is 19.8. The third kappa shape index (κ3) is 4.51. The molecule has 1 fully saturated rings. The lowest BCUT2D eigenvalue weighted by molar-refractivity contribution is 0.0734. The second kappa shape index (κ2) is 9.87. The molecule has 182 valence electrons. The molecule has 35 heavy (non-hydrogen) atoms. The molecule has 0 N–H and O–H groups in total. The number of carbonyl (C=O) groups is 1. The van der Waals surface area contributed by atoms with Crippen LogP contribution in [0.2, 0.25) is 0 Å². The lowest BCUT2D eigenvalue weighted by atomic mass is 9.97. The molecule has 5 rings (SSSR count). The van der Waals surface area contributed by atoms with Crippen molar-refractivity contribution in [3.05, 3.63) is 65.1 Å². The van der Waals surface area contributed by atoms with Crippen molar-refractivity contribution in [2.75, 3.05) is 52.0 Å². The molecule has 8 nitrogen and oxygen atoms in total. The van der Waals surface area contributed by atoms with Gasteiger partial charge in [-0.15, -0.1) is 0 Å². The minimum absolute atomic E-state index is 0.239. The zero-order valence-corrected chi connectivity index (χ0v) is 19.8. The van der Waals surface area contributed by atoms with E-state index < -0.39 is 5.82 Å². The molecule has 1 saturated heterocycles. The Balaban J connectivity index is 1.50. The van der Waals surface area contributed by atoms with E-state index in [2.05, 4.69) is 9.97 Å². The van der Waals surface area contributed by atoms with Crippen LogP contribution < -0.4 is 14.4 Å². The van der Waals surface area contributed by atoms with Crippen molar-refractivity contribution in [2.24, 2.45) is 0 Å². The van der Waals surface area contributed by atoms with Gasteiger partial charge in [-0.25, -0.2) is 14.4 Å². The van der Waals surface area contributed by atoms with Crippen molar-refractivity contribution in [3.8, 4) is 22.8 Å². The molecule has 3 heterocycles. The lowest BCUT2D eigenvalue weighted by Crippen LogP contribution is -2.38. The molecule has 1 aromatic heterocycles. The summed E-state index contributed by atoms with van der Waals surface area (Å²) in [5.41, 5.74) is 2.94. The number of fused-ring (bicyclic) bond motifs is 1. The number of anilines is 1. The number of halogens is 1. The summed E-state index contributed by atoms with van der Waals surface area (Å²) in [6, 6.07) is 10.2. The topological polar surface area (TPSA) is 77.0 Å². The molecular formula is C26H27FN4O4. The van der Waals surface area contributed by atoms with Crippen LogP contribution in [0.3, 0.4) is 0 Å². The number of hydrogen-bond acceptors (Lipinski definition) is 7. The fraction of sp³-hybridized carbons (Fsp3) is 0.346. The lowest BCUT2D eigenvalue weighted by Gasteiger charge is -2.31. The van der Waals surface area contributed by atoms with E-state index in [0.717, 1.165) is 11.1 Å². The van der Waals surface area contributed by atoms with Crippen LogP contribution in [0.5, 0.6) is 11.5 Å². The van der Waals surface area contributed by atoms with Crippen LogP contribution in [-0.2, 0) is 17.7 Å². The number of morpholine rings is 1. The van der Waals surface area contributed by atoms with Gasteiger partial charge in [0.25, 0.3) is 5.91 Å². The highest BCUT2D eigenvalue weighted by Gasteiger charge is 2.28. The van der Waals surface area contributed by atoms with Crippen molar-refractivity contribution in [1.29, 1.82) is 0 Å². The van der Waals surface area contributed by atoms with Crippen molar-refractivity contribution in [2.45, 2.75) is 13.0 Å². The Morgan fingerprint density at radius 1 is 1.03 bits per heavy atom. The largest absolute Gasteiger partial charge is 0.493 e. The molecule has 0 unspecified atom stereocenters. The summed E-state index contributed by atoms with van der Waals surface area (Å²) >= 11 is 0. The highest BCUT2D eigenvalue weighted by molar-refractivity contribution is 6.00. The first-order valence-electron chi connectivity index (χ1n) is 11.6. The third-order valence-corrected chi connectivity index (χ3v) is 6.43. The maximum absolute atomic E-state index is 14.8. The highest BCUT2D eigenvalue weighted by Crippen LogP contribution is 2.34. The monoisotopic (exact) mass is 478 g/mol. The van der Waals surface area contributed by atoms with Crippen LogP contribution in [0.1, 0.15) is 21.5 Å². The van der Waals surface area contributed by atoms with Gasteiger partial charge in [-0.3, -0.25) is 4.79 Å². The Bertz CT molecular complexity index is 1250. The second-order valence-electron chi connectivity index (χ2n) is 8.46. The molecule has 2 aromatic carbocycles. The van der Waals surface area contributed by atoms with Gasteiger partial charge in [-0.2, -0.15) is 0 Å². The molecule has 1 amide bonds. The highest BCUT2D eigenvalue weighted by atomic mass is 19.1. The van der Waals surface area contributed by atoms with E-state index in [1.54, 1.807) is 37.3 Å². The number of nitrogens with zero attached hydrogens (tertiary/aromatic N) is 4. The molecule has 3 aromatic rings. The number of methoxy groups -OCH3 is 2. The number of amides is 1. The maximum Gasteiger partial charge on any atom is 0.257 e. The van der Waals surface area contributed by atoms with Gasteiger partial charge in [-0.1, -0.05) is 12.1 Å². The quantitative estimate of drug-likeness (QED) is 0.557. The first-order chi connectivity index (χ1) is 17.1. The van der Waals surface area contributed by atoms with E-state index >= 15 is 0 Å². The maximum atomic E-state index is 14.8. The Labute approximate surface area is 203 Å². The molecular weight excluding hydrogens is 451 g/mol. The number of benzene rings is 2. The predicted molar refractivity (Wildman–Crippen MR) is 128 cm³/mol. The van der Waals surface area contributed by atoms with E-state index in [9.17, 15) is 9.18 Å². The number of hydrogen-bond donors (Lipinski definition) is 0. The van der Waals surface area contributed by atoms with Crippen LogP contribution in [0, 0.1) is 5.82 Å². The Morgan fingerprint density at radius 3 is 2.46 bits per heavy atom. The molecule has 0 saturated carbocycles. The number of carbonyl (C=O) groups excluding carboxylic acids is 1. The van der Waals surface area contributed by atoms with Crippen LogP contribution in [-0.4, -0.2) is 67.8 Å². The van der Waals surface area contributed by atoms with Gasteiger partial charge < -0.3 is 24.0 Å². The molecule has 0 radical (unpaired) electrons. The zero-order chi connectivity index (χ0) is 24.4. The van der Waals surface area contributed by atoms with Gasteiger partial charge in [0.05, 0.1) is 38.7 Å². The van der Waals surface area contributed by atoms with Crippen molar-refractivity contribution in [1.82, 2.24) is 14.9 Å². The molecule has 0 aliphatic carbocycles. The number of aromatic nitrogens is 2. The summed E-state index contributed by atoms with van der Waals surface area (Å²) < 4.78 is 31.1. The fourth-order valence-electron chi connectivity index (χ4n) is 4.53. The van der Waals surface area contributed by atoms with E-state index in [1.807, 2.05) is 17.0 Å². The van der Waals surface area contributed by atoms with Crippen LogP contribution in [0.4, 0.5) is 10.3 Å². The molecule has 9 heteroatoms. The Morgan fingerprint density at radius 2 is 1.74 bits per heavy atom.